The van der Waals surface area contributed by atoms with E-state index in [-0.39, 0.29) is 46.1 Å². The van der Waals surface area contributed by atoms with Crippen molar-refractivity contribution in [3.8, 4) is 5.75 Å². The van der Waals surface area contributed by atoms with Crippen molar-refractivity contribution in [3.63, 3.8) is 0 Å². The number of fused-ring (bicyclic) bond motifs is 1. The number of benzene rings is 1. The second kappa shape index (κ2) is 13.7. The number of sulfonamides is 1. The number of hydrogen-bond donors (Lipinski definition) is 2. The Hall–Kier alpha value is -2.18. The standard InChI is InChI=1S/C27H41N3O6S2/c1-19-16-30(20(2)18-31)27(32)23-15-22(28-38(33,34)26-10-8-14-37-26)11-12-24(23)36-21(3)9-6-7-13-35-25(19)17-29(4)5/h8,10-12,14-15,19-21,25,28,31H,6-7,9,13,16-18H2,1-5H3/t19-,20-,21+,25-/m0/s1. The zero-order valence-corrected chi connectivity index (χ0v) is 24.6. The van der Waals surface area contributed by atoms with Crippen LogP contribution in [0.2, 0.25) is 0 Å². The summed E-state index contributed by atoms with van der Waals surface area (Å²) in [7, 11) is 0.195. The normalized spacial score (nSPS) is 22.9. The Balaban J connectivity index is 2.01. The molecule has 2 aromatic rings. The Kier molecular flexibility index (Phi) is 11.0. The predicted octanol–water partition coefficient (Wildman–Crippen LogP) is 3.91. The van der Waals surface area contributed by atoms with Gasteiger partial charge in [0, 0.05) is 31.3 Å². The SMILES string of the molecule is C[C@@H]1CCCCO[C@@H](CN(C)C)[C@@H](C)CN([C@@H](C)CO)C(=O)c2cc(NS(=O)(=O)c3cccs3)ccc2O1. The summed E-state index contributed by atoms with van der Waals surface area (Å²) in [6, 6.07) is 7.51. The maximum atomic E-state index is 14.0. The molecule has 0 bridgehead atoms. The molecule has 0 aliphatic carbocycles. The Bertz CT molecular complexity index is 1140. The molecule has 0 radical (unpaired) electrons. The lowest BCUT2D eigenvalue weighted by atomic mass is 10.0. The first-order chi connectivity index (χ1) is 18.0. The molecule has 0 saturated carbocycles. The molecule has 2 heterocycles. The minimum atomic E-state index is -3.79. The molecule has 1 aliphatic heterocycles. The number of thiophene rings is 1. The molecular weight excluding hydrogens is 526 g/mol. The first kappa shape index (κ1) is 30.4. The average molecular weight is 568 g/mol. The lowest BCUT2D eigenvalue weighted by molar-refractivity contribution is -0.0137. The summed E-state index contributed by atoms with van der Waals surface area (Å²) >= 11 is 1.12. The third-order valence-corrected chi connectivity index (χ3v) is 9.39. The van der Waals surface area contributed by atoms with Crippen molar-refractivity contribution in [3.05, 3.63) is 41.3 Å². The zero-order chi connectivity index (χ0) is 27.9. The van der Waals surface area contributed by atoms with E-state index in [1.165, 1.54) is 12.1 Å². The molecule has 0 unspecified atom stereocenters. The van der Waals surface area contributed by atoms with Gasteiger partial charge in [-0.15, -0.1) is 11.3 Å². The number of likely N-dealkylation sites (N-methyl/N-ethyl adjacent to an activating group) is 1. The topological polar surface area (TPSA) is 108 Å². The Morgan fingerprint density at radius 1 is 1.24 bits per heavy atom. The number of carbonyl (C=O) groups excluding carboxylic acids is 1. The van der Waals surface area contributed by atoms with Gasteiger partial charge >= 0.3 is 0 Å². The fraction of sp³-hybridized carbons (Fsp3) is 0.593. The number of ether oxygens (including phenoxy) is 2. The van der Waals surface area contributed by atoms with E-state index in [0.717, 1.165) is 30.6 Å². The minimum absolute atomic E-state index is 0.0119. The molecule has 1 aromatic heterocycles. The van der Waals surface area contributed by atoms with Crippen LogP contribution in [-0.4, -0.2) is 87.9 Å². The molecule has 1 amide bonds. The molecule has 0 spiro atoms. The van der Waals surface area contributed by atoms with E-state index in [0.29, 0.717) is 25.4 Å². The van der Waals surface area contributed by atoms with E-state index >= 15 is 0 Å². The lowest BCUT2D eigenvalue weighted by Gasteiger charge is -2.35. The number of carbonyl (C=O) groups is 1. The van der Waals surface area contributed by atoms with E-state index in [4.69, 9.17) is 9.47 Å². The predicted molar refractivity (Wildman–Crippen MR) is 151 cm³/mol. The van der Waals surface area contributed by atoms with E-state index in [1.54, 1.807) is 35.4 Å². The van der Waals surface area contributed by atoms with Crippen LogP contribution >= 0.6 is 11.3 Å². The molecule has 11 heteroatoms. The van der Waals surface area contributed by atoms with Crippen molar-refractivity contribution in [2.24, 2.45) is 5.92 Å². The Morgan fingerprint density at radius 3 is 2.66 bits per heavy atom. The Labute approximate surface area is 230 Å². The van der Waals surface area contributed by atoms with Crippen LogP contribution in [0, 0.1) is 5.92 Å². The van der Waals surface area contributed by atoms with Crippen LogP contribution in [0.15, 0.2) is 39.9 Å². The van der Waals surface area contributed by atoms with Crippen LogP contribution in [0.4, 0.5) is 5.69 Å². The van der Waals surface area contributed by atoms with Gasteiger partial charge in [0.15, 0.2) is 0 Å². The van der Waals surface area contributed by atoms with E-state index in [1.807, 2.05) is 21.0 Å². The second-order valence-electron chi connectivity index (χ2n) is 10.3. The summed E-state index contributed by atoms with van der Waals surface area (Å²) in [4.78, 5) is 17.7. The van der Waals surface area contributed by atoms with Crippen molar-refractivity contribution in [1.82, 2.24) is 9.80 Å². The number of rotatable bonds is 7. The summed E-state index contributed by atoms with van der Waals surface area (Å²) < 4.78 is 40.9. The zero-order valence-electron chi connectivity index (χ0n) is 22.9. The van der Waals surface area contributed by atoms with E-state index < -0.39 is 16.1 Å². The number of hydrogen-bond acceptors (Lipinski definition) is 8. The molecule has 2 N–H and O–H groups in total. The highest BCUT2D eigenvalue weighted by atomic mass is 32.2. The molecule has 0 saturated heterocycles. The number of nitrogens with one attached hydrogen (secondary N) is 1. The van der Waals surface area contributed by atoms with Crippen molar-refractivity contribution < 1.29 is 27.8 Å². The summed E-state index contributed by atoms with van der Waals surface area (Å²) in [5.41, 5.74) is 0.513. The summed E-state index contributed by atoms with van der Waals surface area (Å²) in [5.74, 6) is 0.0445. The van der Waals surface area contributed by atoms with Gasteiger partial charge in [0.2, 0.25) is 0 Å². The fourth-order valence-corrected chi connectivity index (χ4v) is 6.47. The van der Waals surface area contributed by atoms with Crippen LogP contribution in [-0.2, 0) is 14.8 Å². The van der Waals surface area contributed by atoms with E-state index in [9.17, 15) is 18.3 Å². The van der Waals surface area contributed by atoms with Gasteiger partial charge in [-0.3, -0.25) is 9.52 Å². The van der Waals surface area contributed by atoms with Crippen molar-refractivity contribution in [1.29, 1.82) is 0 Å². The molecule has 0 fully saturated rings. The van der Waals surface area contributed by atoms with Crippen molar-refractivity contribution >= 4 is 33.0 Å². The van der Waals surface area contributed by atoms with Crippen LogP contribution in [0.5, 0.6) is 5.75 Å². The molecule has 1 aliphatic rings. The van der Waals surface area contributed by atoms with E-state index in [2.05, 4.69) is 16.5 Å². The summed E-state index contributed by atoms with van der Waals surface area (Å²) in [5, 5.41) is 11.7. The highest BCUT2D eigenvalue weighted by molar-refractivity contribution is 7.94. The number of anilines is 1. The molecule has 4 atom stereocenters. The Morgan fingerprint density at radius 2 is 2.00 bits per heavy atom. The first-order valence-electron chi connectivity index (χ1n) is 13.1. The summed E-state index contributed by atoms with van der Waals surface area (Å²) in [6.07, 6.45) is 2.36. The van der Waals surface area contributed by atoms with Crippen molar-refractivity contribution in [2.75, 3.05) is 45.1 Å². The van der Waals surface area contributed by atoms with Crippen molar-refractivity contribution in [2.45, 2.75) is 62.5 Å². The number of aliphatic hydroxyl groups is 1. The van der Waals surface area contributed by atoms with Gasteiger partial charge in [-0.25, -0.2) is 8.42 Å². The second-order valence-corrected chi connectivity index (χ2v) is 13.2. The summed E-state index contributed by atoms with van der Waals surface area (Å²) in [6.45, 7) is 7.29. The number of aliphatic hydroxyl groups excluding tert-OH is 1. The van der Waals surface area contributed by atoms with Crippen LogP contribution in [0.3, 0.4) is 0 Å². The molecule has 9 nitrogen and oxygen atoms in total. The maximum absolute atomic E-state index is 14.0. The molecule has 38 heavy (non-hydrogen) atoms. The molecule has 212 valence electrons. The van der Waals surface area contributed by atoms with Gasteiger partial charge in [0.1, 0.15) is 9.96 Å². The molecule has 3 rings (SSSR count). The first-order valence-corrected chi connectivity index (χ1v) is 15.4. The maximum Gasteiger partial charge on any atom is 0.271 e. The lowest BCUT2D eigenvalue weighted by Crippen LogP contribution is -2.47. The largest absolute Gasteiger partial charge is 0.490 e. The van der Waals surface area contributed by atoms with Gasteiger partial charge in [-0.05, 0) is 76.9 Å². The molecular formula is C27H41N3O6S2. The average Bonchev–Trinajstić information content (AvgIpc) is 3.42. The van der Waals surface area contributed by atoms with Gasteiger partial charge in [-0.2, -0.15) is 0 Å². The quantitative estimate of drug-likeness (QED) is 0.522. The highest BCUT2D eigenvalue weighted by Crippen LogP contribution is 2.30. The number of nitrogens with zero attached hydrogens (tertiary/aromatic N) is 2. The fourth-order valence-electron chi connectivity index (χ4n) is 4.43. The highest BCUT2D eigenvalue weighted by Gasteiger charge is 2.30. The third-order valence-electron chi connectivity index (χ3n) is 6.61. The van der Waals surface area contributed by atoms with Gasteiger partial charge < -0.3 is 24.4 Å². The number of amides is 1. The third kappa shape index (κ3) is 8.16. The smallest absolute Gasteiger partial charge is 0.271 e. The van der Waals surface area contributed by atoms with Gasteiger partial charge in [0.25, 0.3) is 15.9 Å². The van der Waals surface area contributed by atoms with Crippen LogP contribution in [0.25, 0.3) is 0 Å². The monoisotopic (exact) mass is 567 g/mol. The van der Waals surface area contributed by atoms with Gasteiger partial charge in [-0.1, -0.05) is 13.0 Å². The van der Waals surface area contributed by atoms with Crippen LogP contribution in [0.1, 0.15) is 50.4 Å². The molecule has 1 aromatic carbocycles. The minimum Gasteiger partial charge on any atom is -0.490 e. The van der Waals surface area contributed by atoms with Crippen LogP contribution < -0.4 is 9.46 Å². The van der Waals surface area contributed by atoms with Gasteiger partial charge in [0.05, 0.1) is 30.4 Å².